The van der Waals surface area contributed by atoms with Crippen LogP contribution >= 0.6 is 0 Å². The summed E-state index contributed by atoms with van der Waals surface area (Å²) in [4.78, 5) is 33.6. The van der Waals surface area contributed by atoms with Gasteiger partial charge in [-0.15, -0.1) is 0 Å². The Bertz CT molecular complexity index is 1190. The number of aromatic nitrogens is 3. The molecule has 33 heavy (non-hydrogen) atoms. The number of benzene rings is 1. The van der Waals surface area contributed by atoms with Crippen LogP contribution in [-0.2, 0) is 11.3 Å². The summed E-state index contributed by atoms with van der Waals surface area (Å²) in [6.07, 6.45) is 6.60. The van der Waals surface area contributed by atoms with E-state index in [-0.39, 0.29) is 35.4 Å². The fourth-order valence-electron chi connectivity index (χ4n) is 5.30. The van der Waals surface area contributed by atoms with Crippen LogP contribution in [0.1, 0.15) is 78.8 Å². The summed E-state index contributed by atoms with van der Waals surface area (Å²) in [5.41, 5.74) is 7.49. The second kappa shape index (κ2) is 8.61. The van der Waals surface area contributed by atoms with Gasteiger partial charge in [0.25, 0.3) is 5.91 Å². The fourth-order valence-corrected chi connectivity index (χ4v) is 5.30. The van der Waals surface area contributed by atoms with E-state index in [1.165, 1.54) is 6.26 Å². The number of nitrogens with zero attached hydrogens (tertiary/aromatic N) is 3. The minimum absolute atomic E-state index is 0.0498. The first-order valence-electron chi connectivity index (χ1n) is 11.6. The Labute approximate surface area is 190 Å². The van der Waals surface area contributed by atoms with Crippen LogP contribution in [0, 0.1) is 17.7 Å². The topological polar surface area (TPSA) is 118 Å². The third-order valence-corrected chi connectivity index (χ3v) is 7.21. The van der Waals surface area contributed by atoms with Crippen LogP contribution in [-0.4, -0.2) is 38.4 Å². The molecule has 1 saturated heterocycles. The van der Waals surface area contributed by atoms with Crippen LogP contribution in [0.2, 0.25) is 0 Å². The van der Waals surface area contributed by atoms with Gasteiger partial charge in [-0.1, -0.05) is 31.0 Å². The maximum atomic E-state index is 15.4. The van der Waals surface area contributed by atoms with Crippen LogP contribution in [0.5, 0.6) is 0 Å². The average molecular weight is 454 g/mol. The Morgan fingerprint density at radius 3 is 2.82 bits per heavy atom. The molecule has 2 fully saturated rings. The van der Waals surface area contributed by atoms with E-state index in [1.54, 1.807) is 17.0 Å². The van der Waals surface area contributed by atoms with E-state index in [2.05, 4.69) is 22.0 Å². The molecule has 5 rings (SSSR count). The van der Waals surface area contributed by atoms with Crippen molar-refractivity contribution in [2.24, 2.45) is 17.6 Å². The van der Waals surface area contributed by atoms with Crippen LogP contribution in [0.25, 0.3) is 11.0 Å². The van der Waals surface area contributed by atoms with Crippen molar-refractivity contribution in [3.63, 3.8) is 0 Å². The predicted octanol–water partition coefficient (Wildman–Crippen LogP) is 3.87. The number of H-pyrrole nitrogens is 1. The second-order valence-corrected chi connectivity index (χ2v) is 9.45. The molecule has 174 valence electrons. The summed E-state index contributed by atoms with van der Waals surface area (Å²) >= 11 is 0. The number of nitrogens with one attached hydrogen (secondary N) is 1. The molecule has 0 bridgehead atoms. The minimum atomic E-state index is -0.611. The number of carbonyl (C=O) groups is 2. The number of nitrogens with two attached hydrogens (primary N) is 1. The lowest BCUT2D eigenvalue weighted by Crippen LogP contribution is -2.24. The van der Waals surface area contributed by atoms with Gasteiger partial charge in [0.1, 0.15) is 28.9 Å². The first-order chi connectivity index (χ1) is 15.9. The summed E-state index contributed by atoms with van der Waals surface area (Å²) in [5, 5.41) is 4.12. The maximum Gasteiger partial charge on any atom is 0.253 e. The average Bonchev–Trinajstić information content (AvgIpc) is 3.53. The summed E-state index contributed by atoms with van der Waals surface area (Å²) < 4.78 is 20.6. The Balaban J connectivity index is 1.54. The number of rotatable bonds is 6. The molecule has 0 unspecified atom stereocenters. The highest BCUT2D eigenvalue weighted by Crippen LogP contribution is 2.42. The van der Waals surface area contributed by atoms with Crippen molar-refractivity contribution in [3.8, 4) is 0 Å². The smallest absolute Gasteiger partial charge is 0.253 e. The van der Waals surface area contributed by atoms with Crippen LogP contribution < -0.4 is 5.73 Å². The van der Waals surface area contributed by atoms with Gasteiger partial charge in [0, 0.05) is 25.1 Å². The van der Waals surface area contributed by atoms with E-state index in [9.17, 15) is 9.59 Å². The molecule has 9 heteroatoms. The van der Waals surface area contributed by atoms with Gasteiger partial charge in [-0.2, -0.15) is 0 Å². The van der Waals surface area contributed by atoms with Crippen LogP contribution in [0.3, 0.4) is 0 Å². The number of fused-ring (bicyclic) bond motifs is 1. The molecular formula is C24H28FN5O3. The molecule has 2 aromatic heterocycles. The van der Waals surface area contributed by atoms with E-state index in [0.717, 1.165) is 32.1 Å². The number of likely N-dealkylation sites (tertiary alicyclic amines) is 1. The van der Waals surface area contributed by atoms with E-state index in [0.29, 0.717) is 41.5 Å². The van der Waals surface area contributed by atoms with E-state index < -0.39 is 11.7 Å². The summed E-state index contributed by atoms with van der Waals surface area (Å²) in [7, 11) is 0. The Kier molecular flexibility index (Phi) is 5.64. The molecule has 1 aliphatic carbocycles. The van der Waals surface area contributed by atoms with Gasteiger partial charge in [-0.25, -0.2) is 9.37 Å². The molecule has 3 N–H and O–H groups in total. The third kappa shape index (κ3) is 4.00. The lowest BCUT2D eigenvalue weighted by atomic mass is 9.74. The molecule has 1 saturated carbocycles. The van der Waals surface area contributed by atoms with Gasteiger partial charge in [0.05, 0.1) is 11.4 Å². The van der Waals surface area contributed by atoms with Crippen molar-refractivity contribution in [1.29, 1.82) is 0 Å². The molecule has 0 radical (unpaired) electrons. The first-order valence-corrected chi connectivity index (χ1v) is 11.6. The zero-order valence-electron chi connectivity index (χ0n) is 18.6. The van der Waals surface area contributed by atoms with Crippen LogP contribution in [0.4, 0.5) is 4.39 Å². The molecule has 3 aromatic rings. The van der Waals surface area contributed by atoms with Gasteiger partial charge >= 0.3 is 0 Å². The number of amides is 2. The highest BCUT2D eigenvalue weighted by molar-refractivity contribution is 5.93. The van der Waals surface area contributed by atoms with Gasteiger partial charge in [-0.05, 0) is 37.2 Å². The van der Waals surface area contributed by atoms with Crippen molar-refractivity contribution in [2.75, 3.05) is 6.54 Å². The molecule has 2 amide bonds. The summed E-state index contributed by atoms with van der Waals surface area (Å²) in [5.74, 6) is 0.0204. The van der Waals surface area contributed by atoms with Crippen molar-refractivity contribution in [3.05, 3.63) is 46.9 Å². The highest BCUT2D eigenvalue weighted by atomic mass is 19.1. The second-order valence-electron chi connectivity index (χ2n) is 9.45. The molecule has 3 heterocycles. The zero-order chi connectivity index (χ0) is 23.1. The van der Waals surface area contributed by atoms with Gasteiger partial charge < -0.3 is 20.1 Å². The summed E-state index contributed by atoms with van der Waals surface area (Å²) in [6, 6.07) is 3.50. The van der Waals surface area contributed by atoms with Gasteiger partial charge in [0.2, 0.25) is 5.91 Å². The van der Waals surface area contributed by atoms with Gasteiger partial charge in [-0.3, -0.25) is 9.59 Å². The zero-order valence-corrected chi connectivity index (χ0v) is 18.6. The maximum absolute atomic E-state index is 15.4. The molecule has 2 aliphatic rings. The largest absolute Gasteiger partial charge is 0.365 e. The monoisotopic (exact) mass is 453 g/mol. The number of hydrogen-bond donors (Lipinski definition) is 2. The molecule has 1 atom stereocenters. The minimum Gasteiger partial charge on any atom is -0.365 e. The Morgan fingerprint density at radius 2 is 2.12 bits per heavy atom. The van der Waals surface area contributed by atoms with Crippen molar-refractivity contribution >= 4 is 22.8 Å². The number of imidazole rings is 1. The van der Waals surface area contributed by atoms with E-state index in [4.69, 9.17) is 10.3 Å². The Hall–Kier alpha value is -3.23. The highest BCUT2D eigenvalue weighted by Gasteiger charge is 2.35. The van der Waals surface area contributed by atoms with Crippen molar-refractivity contribution < 1.29 is 18.5 Å². The van der Waals surface area contributed by atoms with Gasteiger partial charge in [0.15, 0.2) is 5.82 Å². The standard InChI is InChI=1S/C24H28FN5O3/c1-13-4-6-14(7-5-13)19(21-16(23(26)32)12-33-29-21)24-27-17-9-8-15(20(25)22(17)28-24)11-30-10-2-3-18(30)31/h8-9,12-14,19H,2-7,10-11H2,1H3,(H2,26,32)(H,27,28)/t13?,14?,19-/m0/s1. The van der Waals surface area contributed by atoms with E-state index >= 15 is 4.39 Å². The lowest BCUT2D eigenvalue weighted by molar-refractivity contribution is -0.128. The molecule has 1 aromatic carbocycles. The van der Waals surface area contributed by atoms with Crippen LogP contribution in [0.15, 0.2) is 22.9 Å². The molecular weight excluding hydrogens is 425 g/mol. The molecule has 0 spiro atoms. The molecule has 1 aliphatic heterocycles. The molecule has 8 nitrogen and oxygen atoms in total. The van der Waals surface area contributed by atoms with E-state index in [1.807, 2.05) is 0 Å². The number of carbonyl (C=O) groups excluding carboxylic acids is 2. The normalized spacial score (nSPS) is 22.2. The number of primary amides is 1. The van der Waals surface area contributed by atoms with Crippen molar-refractivity contribution in [1.82, 2.24) is 20.0 Å². The summed E-state index contributed by atoms with van der Waals surface area (Å²) in [6.45, 7) is 3.12. The number of hydrogen-bond acceptors (Lipinski definition) is 5. The third-order valence-electron chi connectivity index (χ3n) is 7.21. The predicted molar refractivity (Wildman–Crippen MR) is 119 cm³/mol. The SMILES string of the molecule is CC1CCC([C@H](c2nc3c(F)c(CN4CCCC4=O)ccc3[nH]2)c2nocc2C(N)=O)CC1. The first kappa shape index (κ1) is 21.6. The lowest BCUT2D eigenvalue weighted by Gasteiger charge is -2.31. The Morgan fingerprint density at radius 1 is 1.33 bits per heavy atom. The fraction of sp³-hybridized carbons (Fsp3) is 0.500. The number of halogens is 1. The number of aromatic amines is 1. The quantitative estimate of drug-likeness (QED) is 0.587. The van der Waals surface area contributed by atoms with Crippen molar-refractivity contribution in [2.45, 2.75) is 57.9 Å².